The molecule has 1 N–H and O–H groups in total. The Morgan fingerprint density at radius 3 is 2.61 bits per heavy atom. The van der Waals surface area contributed by atoms with Crippen LogP contribution >= 0.6 is 0 Å². The third-order valence-corrected chi connectivity index (χ3v) is 3.80. The van der Waals surface area contributed by atoms with Gasteiger partial charge in [-0.25, -0.2) is 14.4 Å². The van der Waals surface area contributed by atoms with E-state index in [1.807, 2.05) is 24.8 Å². The van der Waals surface area contributed by atoms with Crippen molar-refractivity contribution in [2.75, 3.05) is 47.8 Å². The van der Waals surface area contributed by atoms with Gasteiger partial charge >= 0.3 is 0 Å². The molecule has 3 heterocycles. The van der Waals surface area contributed by atoms with E-state index in [0.29, 0.717) is 18.9 Å². The van der Waals surface area contributed by atoms with Crippen LogP contribution in [0.15, 0.2) is 24.4 Å². The molecule has 6 nitrogen and oxygen atoms in total. The standard InChI is InChI=1S/C16H21FN6/c1-3-18-14-11-12(2)20-16(21-14)23-9-7-22(8-10-23)15-13(17)5-4-6-19-15/h4-6,11H,3,7-10H2,1-2H3,(H,18,20,21). The van der Waals surface area contributed by atoms with Crippen LogP contribution in [0.1, 0.15) is 12.6 Å². The van der Waals surface area contributed by atoms with Gasteiger partial charge in [-0.1, -0.05) is 0 Å². The highest BCUT2D eigenvalue weighted by Gasteiger charge is 2.22. The number of pyridine rings is 1. The lowest BCUT2D eigenvalue weighted by atomic mass is 10.3. The van der Waals surface area contributed by atoms with Crippen molar-refractivity contribution in [1.29, 1.82) is 0 Å². The van der Waals surface area contributed by atoms with Crippen LogP contribution in [0.5, 0.6) is 0 Å². The molecule has 122 valence electrons. The summed E-state index contributed by atoms with van der Waals surface area (Å²) in [5.41, 5.74) is 0.934. The monoisotopic (exact) mass is 316 g/mol. The quantitative estimate of drug-likeness (QED) is 0.932. The smallest absolute Gasteiger partial charge is 0.227 e. The number of rotatable bonds is 4. The van der Waals surface area contributed by atoms with Crippen LogP contribution in [0.2, 0.25) is 0 Å². The van der Waals surface area contributed by atoms with Crippen LogP contribution < -0.4 is 15.1 Å². The van der Waals surface area contributed by atoms with E-state index in [1.165, 1.54) is 6.07 Å². The number of hydrogen-bond acceptors (Lipinski definition) is 6. The number of aromatic nitrogens is 3. The minimum Gasteiger partial charge on any atom is -0.370 e. The molecule has 2 aromatic heterocycles. The second kappa shape index (κ2) is 6.76. The molecular weight excluding hydrogens is 295 g/mol. The number of aryl methyl sites for hydroxylation is 1. The summed E-state index contributed by atoms with van der Waals surface area (Å²) in [5, 5.41) is 3.22. The Hall–Kier alpha value is -2.44. The molecule has 23 heavy (non-hydrogen) atoms. The number of anilines is 3. The maximum atomic E-state index is 13.8. The van der Waals surface area contributed by atoms with Crippen molar-refractivity contribution in [2.24, 2.45) is 0 Å². The van der Waals surface area contributed by atoms with Crippen LogP contribution in [0, 0.1) is 12.7 Å². The van der Waals surface area contributed by atoms with Gasteiger partial charge in [-0.3, -0.25) is 0 Å². The lowest BCUT2D eigenvalue weighted by Crippen LogP contribution is -2.47. The predicted octanol–water partition coefficient (Wildman–Crippen LogP) is 2.08. The van der Waals surface area contributed by atoms with Crippen LogP contribution in [-0.2, 0) is 0 Å². The van der Waals surface area contributed by atoms with Gasteiger partial charge in [-0.15, -0.1) is 0 Å². The minimum atomic E-state index is -0.276. The van der Waals surface area contributed by atoms with E-state index in [4.69, 9.17) is 0 Å². The average molecular weight is 316 g/mol. The molecule has 0 aliphatic carbocycles. The largest absolute Gasteiger partial charge is 0.370 e. The molecule has 1 fully saturated rings. The molecule has 0 radical (unpaired) electrons. The summed E-state index contributed by atoms with van der Waals surface area (Å²) < 4.78 is 13.8. The van der Waals surface area contributed by atoms with Crippen molar-refractivity contribution in [2.45, 2.75) is 13.8 Å². The Kier molecular flexibility index (Phi) is 4.55. The van der Waals surface area contributed by atoms with E-state index in [2.05, 4.69) is 25.2 Å². The molecule has 0 aromatic carbocycles. The fraction of sp³-hybridized carbons (Fsp3) is 0.438. The van der Waals surface area contributed by atoms with Crippen LogP contribution in [0.3, 0.4) is 0 Å². The first-order valence-electron chi connectivity index (χ1n) is 7.87. The van der Waals surface area contributed by atoms with Crippen molar-refractivity contribution in [3.8, 4) is 0 Å². The molecule has 0 bridgehead atoms. The van der Waals surface area contributed by atoms with E-state index in [-0.39, 0.29) is 5.82 Å². The summed E-state index contributed by atoms with van der Waals surface area (Å²) >= 11 is 0. The van der Waals surface area contributed by atoms with Gasteiger partial charge < -0.3 is 15.1 Å². The highest BCUT2D eigenvalue weighted by Crippen LogP contribution is 2.20. The van der Waals surface area contributed by atoms with Gasteiger partial charge in [0.2, 0.25) is 5.95 Å². The number of nitrogens with zero attached hydrogens (tertiary/aromatic N) is 5. The van der Waals surface area contributed by atoms with E-state index in [9.17, 15) is 4.39 Å². The summed E-state index contributed by atoms with van der Waals surface area (Å²) in [6.07, 6.45) is 1.62. The maximum absolute atomic E-state index is 13.8. The highest BCUT2D eigenvalue weighted by atomic mass is 19.1. The number of halogens is 1. The number of hydrogen-bond donors (Lipinski definition) is 1. The Morgan fingerprint density at radius 1 is 1.17 bits per heavy atom. The first-order chi connectivity index (χ1) is 11.2. The second-order valence-electron chi connectivity index (χ2n) is 5.51. The van der Waals surface area contributed by atoms with Crippen molar-refractivity contribution in [1.82, 2.24) is 15.0 Å². The van der Waals surface area contributed by atoms with E-state index in [1.54, 1.807) is 12.3 Å². The number of piperazine rings is 1. The van der Waals surface area contributed by atoms with Gasteiger partial charge in [0.15, 0.2) is 11.6 Å². The first-order valence-corrected chi connectivity index (χ1v) is 7.87. The highest BCUT2D eigenvalue weighted by molar-refractivity contribution is 5.46. The summed E-state index contributed by atoms with van der Waals surface area (Å²) in [6.45, 7) is 7.70. The summed E-state index contributed by atoms with van der Waals surface area (Å²) in [5.74, 6) is 1.71. The molecular formula is C16H21FN6. The zero-order valence-corrected chi connectivity index (χ0v) is 13.5. The zero-order chi connectivity index (χ0) is 16.2. The fourth-order valence-electron chi connectivity index (χ4n) is 2.69. The topological polar surface area (TPSA) is 57.2 Å². The van der Waals surface area contributed by atoms with Gasteiger partial charge in [-0.05, 0) is 26.0 Å². The third-order valence-electron chi connectivity index (χ3n) is 3.80. The molecule has 1 saturated heterocycles. The van der Waals surface area contributed by atoms with Crippen molar-refractivity contribution < 1.29 is 4.39 Å². The Morgan fingerprint density at radius 2 is 1.91 bits per heavy atom. The molecule has 0 spiro atoms. The summed E-state index contributed by atoms with van der Waals surface area (Å²) in [4.78, 5) is 17.3. The average Bonchev–Trinajstić information content (AvgIpc) is 2.55. The van der Waals surface area contributed by atoms with Gasteiger partial charge in [0.25, 0.3) is 0 Å². The van der Waals surface area contributed by atoms with Crippen molar-refractivity contribution in [3.05, 3.63) is 35.9 Å². The SMILES string of the molecule is CCNc1cc(C)nc(N2CCN(c3ncccc3F)CC2)n1. The molecule has 3 rings (SSSR count). The fourth-order valence-corrected chi connectivity index (χ4v) is 2.69. The molecule has 0 atom stereocenters. The van der Waals surface area contributed by atoms with Crippen molar-refractivity contribution in [3.63, 3.8) is 0 Å². The number of nitrogens with one attached hydrogen (secondary N) is 1. The summed E-state index contributed by atoms with van der Waals surface area (Å²) in [7, 11) is 0. The maximum Gasteiger partial charge on any atom is 0.227 e. The van der Waals surface area contributed by atoms with Crippen LogP contribution in [0.4, 0.5) is 22.0 Å². The zero-order valence-electron chi connectivity index (χ0n) is 13.5. The first kappa shape index (κ1) is 15.5. The van der Waals surface area contributed by atoms with Gasteiger partial charge in [0.1, 0.15) is 5.82 Å². The molecule has 0 amide bonds. The lowest BCUT2D eigenvalue weighted by Gasteiger charge is -2.35. The normalized spacial score (nSPS) is 14.9. The Labute approximate surface area is 135 Å². The summed E-state index contributed by atoms with van der Waals surface area (Å²) in [6, 6.07) is 4.99. The van der Waals surface area contributed by atoms with E-state index in [0.717, 1.165) is 37.1 Å². The predicted molar refractivity (Wildman–Crippen MR) is 89.6 cm³/mol. The Balaban J connectivity index is 1.71. The van der Waals surface area contributed by atoms with Gasteiger partial charge in [-0.2, -0.15) is 4.98 Å². The molecule has 0 unspecified atom stereocenters. The minimum absolute atomic E-state index is 0.276. The van der Waals surface area contributed by atoms with E-state index < -0.39 is 0 Å². The molecule has 2 aromatic rings. The van der Waals surface area contributed by atoms with Gasteiger partial charge in [0.05, 0.1) is 0 Å². The van der Waals surface area contributed by atoms with Gasteiger partial charge in [0, 0.05) is 50.7 Å². The third kappa shape index (κ3) is 3.49. The molecule has 1 aliphatic heterocycles. The lowest BCUT2D eigenvalue weighted by molar-refractivity contribution is 0.585. The Bertz CT molecular complexity index is 669. The van der Waals surface area contributed by atoms with Crippen LogP contribution in [-0.4, -0.2) is 47.7 Å². The molecule has 1 aliphatic rings. The van der Waals surface area contributed by atoms with Crippen molar-refractivity contribution >= 4 is 17.6 Å². The molecule has 7 heteroatoms. The van der Waals surface area contributed by atoms with Crippen LogP contribution in [0.25, 0.3) is 0 Å². The molecule has 0 saturated carbocycles. The second-order valence-corrected chi connectivity index (χ2v) is 5.51. The van der Waals surface area contributed by atoms with E-state index >= 15 is 0 Å².